The SMILES string of the molecule is CC(O)CN(C)C(=O)NC1CCN(C)C1c1ccc(Cl)cc1. The largest absolute Gasteiger partial charge is 0.392 e. The Morgan fingerprint density at radius 3 is 2.73 bits per heavy atom. The highest BCUT2D eigenvalue weighted by molar-refractivity contribution is 6.30. The number of amides is 2. The van der Waals surface area contributed by atoms with Gasteiger partial charge in [-0.05, 0) is 38.1 Å². The third kappa shape index (κ3) is 4.12. The van der Waals surface area contributed by atoms with E-state index in [4.69, 9.17) is 11.6 Å². The molecule has 0 aliphatic carbocycles. The van der Waals surface area contributed by atoms with Crippen LogP contribution in [-0.2, 0) is 0 Å². The van der Waals surface area contributed by atoms with Crippen molar-refractivity contribution in [1.29, 1.82) is 0 Å². The molecule has 0 radical (unpaired) electrons. The Morgan fingerprint density at radius 2 is 2.14 bits per heavy atom. The zero-order valence-corrected chi connectivity index (χ0v) is 14.0. The number of nitrogens with zero attached hydrogens (tertiary/aromatic N) is 2. The van der Waals surface area contributed by atoms with E-state index in [2.05, 4.69) is 17.3 Å². The number of rotatable bonds is 4. The fourth-order valence-electron chi connectivity index (χ4n) is 2.99. The Balaban J connectivity index is 2.06. The number of urea groups is 1. The number of hydrogen-bond acceptors (Lipinski definition) is 3. The lowest BCUT2D eigenvalue weighted by Gasteiger charge is -2.28. The number of aliphatic hydroxyl groups excluding tert-OH is 1. The summed E-state index contributed by atoms with van der Waals surface area (Å²) in [5.74, 6) is 0. The lowest BCUT2D eigenvalue weighted by Crippen LogP contribution is -2.46. The predicted octanol–water partition coefficient (Wildman–Crippen LogP) is 2.11. The molecule has 5 nitrogen and oxygen atoms in total. The molecule has 1 aromatic carbocycles. The van der Waals surface area contributed by atoms with Gasteiger partial charge < -0.3 is 15.3 Å². The van der Waals surface area contributed by atoms with Gasteiger partial charge in [0.2, 0.25) is 0 Å². The second-order valence-electron chi connectivity index (χ2n) is 6.05. The van der Waals surface area contributed by atoms with Crippen LogP contribution in [0.4, 0.5) is 4.79 Å². The molecule has 1 heterocycles. The first-order chi connectivity index (χ1) is 10.4. The van der Waals surface area contributed by atoms with Crippen molar-refractivity contribution in [2.75, 3.05) is 27.2 Å². The molecule has 122 valence electrons. The Labute approximate surface area is 136 Å². The van der Waals surface area contributed by atoms with E-state index in [1.54, 1.807) is 14.0 Å². The van der Waals surface area contributed by atoms with Gasteiger partial charge in [0.15, 0.2) is 0 Å². The molecule has 3 atom stereocenters. The summed E-state index contributed by atoms with van der Waals surface area (Å²) >= 11 is 5.95. The van der Waals surface area contributed by atoms with E-state index in [9.17, 15) is 9.90 Å². The molecule has 0 aromatic heterocycles. The highest BCUT2D eigenvalue weighted by atomic mass is 35.5. The van der Waals surface area contributed by atoms with Crippen molar-refractivity contribution in [3.05, 3.63) is 34.9 Å². The molecule has 22 heavy (non-hydrogen) atoms. The highest BCUT2D eigenvalue weighted by Crippen LogP contribution is 2.31. The van der Waals surface area contributed by atoms with Crippen LogP contribution < -0.4 is 5.32 Å². The van der Waals surface area contributed by atoms with Gasteiger partial charge in [0, 0.05) is 25.2 Å². The zero-order chi connectivity index (χ0) is 16.3. The van der Waals surface area contributed by atoms with E-state index in [-0.39, 0.29) is 18.1 Å². The monoisotopic (exact) mass is 325 g/mol. The van der Waals surface area contributed by atoms with E-state index < -0.39 is 6.10 Å². The zero-order valence-electron chi connectivity index (χ0n) is 13.3. The summed E-state index contributed by atoms with van der Waals surface area (Å²) in [7, 11) is 3.75. The van der Waals surface area contributed by atoms with Crippen LogP contribution in [0.1, 0.15) is 24.9 Å². The number of likely N-dealkylation sites (N-methyl/N-ethyl adjacent to an activating group) is 2. The number of carbonyl (C=O) groups excluding carboxylic acids is 1. The average Bonchev–Trinajstić information content (AvgIpc) is 2.80. The molecule has 2 amide bonds. The van der Waals surface area contributed by atoms with Gasteiger partial charge in [-0.2, -0.15) is 0 Å². The van der Waals surface area contributed by atoms with Crippen molar-refractivity contribution in [1.82, 2.24) is 15.1 Å². The Kier molecular flexibility index (Phi) is 5.67. The molecule has 0 bridgehead atoms. The molecule has 6 heteroatoms. The summed E-state index contributed by atoms with van der Waals surface area (Å²) in [6.07, 6.45) is 0.368. The third-order valence-electron chi connectivity index (χ3n) is 4.05. The first-order valence-electron chi connectivity index (χ1n) is 7.54. The lowest BCUT2D eigenvalue weighted by atomic mass is 10.0. The highest BCUT2D eigenvalue weighted by Gasteiger charge is 2.34. The van der Waals surface area contributed by atoms with Gasteiger partial charge in [0.25, 0.3) is 0 Å². The van der Waals surface area contributed by atoms with E-state index >= 15 is 0 Å². The molecule has 0 spiro atoms. The summed E-state index contributed by atoms with van der Waals surface area (Å²) in [6, 6.07) is 7.81. The van der Waals surface area contributed by atoms with Crippen molar-refractivity contribution in [3.8, 4) is 0 Å². The number of aliphatic hydroxyl groups is 1. The van der Waals surface area contributed by atoms with E-state index in [0.717, 1.165) is 18.5 Å². The maximum absolute atomic E-state index is 12.2. The minimum Gasteiger partial charge on any atom is -0.392 e. The van der Waals surface area contributed by atoms with Crippen LogP contribution in [0.25, 0.3) is 0 Å². The predicted molar refractivity (Wildman–Crippen MR) is 88.1 cm³/mol. The molecule has 0 saturated carbocycles. The van der Waals surface area contributed by atoms with Crippen LogP contribution in [0.2, 0.25) is 5.02 Å². The van der Waals surface area contributed by atoms with E-state index in [0.29, 0.717) is 11.6 Å². The van der Waals surface area contributed by atoms with Gasteiger partial charge in [-0.3, -0.25) is 4.90 Å². The number of nitrogens with one attached hydrogen (secondary N) is 1. The summed E-state index contributed by atoms with van der Waals surface area (Å²) in [6.45, 7) is 2.92. The maximum atomic E-state index is 12.2. The standard InChI is InChI=1S/C16H24ClN3O2/c1-11(21)10-20(3)16(22)18-14-8-9-19(2)15(14)12-4-6-13(17)7-5-12/h4-7,11,14-15,21H,8-10H2,1-3H3,(H,18,22). The van der Waals surface area contributed by atoms with Crippen LogP contribution >= 0.6 is 11.6 Å². The first-order valence-corrected chi connectivity index (χ1v) is 7.91. The minimum atomic E-state index is -0.533. The molecular formula is C16H24ClN3O2. The molecular weight excluding hydrogens is 302 g/mol. The molecule has 1 saturated heterocycles. The number of benzene rings is 1. The van der Waals surface area contributed by atoms with Gasteiger partial charge in [-0.1, -0.05) is 23.7 Å². The normalized spacial score (nSPS) is 23.3. The summed E-state index contributed by atoms with van der Waals surface area (Å²) in [5.41, 5.74) is 1.15. The molecule has 1 aliphatic rings. The number of halogens is 1. The smallest absolute Gasteiger partial charge is 0.317 e. The van der Waals surface area contributed by atoms with Crippen LogP contribution in [0, 0.1) is 0 Å². The van der Waals surface area contributed by atoms with Gasteiger partial charge >= 0.3 is 6.03 Å². The van der Waals surface area contributed by atoms with Crippen molar-refractivity contribution in [3.63, 3.8) is 0 Å². The lowest BCUT2D eigenvalue weighted by molar-refractivity contribution is 0.141. The minimum absolute atomic E-state index is 0.0510. The second-order valence-corrected chi connectivity index (χ2v) is 6.49. The topological polar surface area (TPSA) is 55.8 Å². The quantitative estimate of drug-likeness (QED) is 0.891. The summed E-state index contributed by atoms with van der Waals surface area (Å²) in [5, 5.41) is 13.2. The second kappa shape index (κ2) is 7.31. The van der Waals surface area contributed by atoms with Crippen molar-refractivity contribution < 1.29 is 9.90 Å². The van der Waals surface area contributed by atoms with Gasteiger partial charge in [-0.25, -0.2) is 4.79 Å². The fraction of sp³-hybridized carbons (Fsp3) is 0.562. The molecule has 2 rings (SSSR count). The number of hydrogen-bond donors (Lipinski definition) is 2. The van der Waals surface area contributed by atoms with Crippen molar-refractivity contribution >= 4 is 17.6 Å². The van der Waals surface area contributed by atoms with Crippen LogP contribution in [-0.4, -0.2) is 60.3 Å². The van der Waals surface area contributed by atoms with Crippen molar-refractivity contribution in [2.24, 2.45) is 0 Å². The molecule has 1 aliphatic heterocycles. The van der Waals surface area contributed by atoms with Gasteiger partial charge in [-0.15, -0.1) is 0 Å². The van der Waals surface area contributed by atoms with Crippen molar-refractivity contribution in [2.45, 2.75) is 31.5 Å². The third-order valence-corrected chi connectivity index (χ3v) is 4.31. The molecule has 1 aromatic rings. The molecule has 2 N–H and O–H groups in total. The Bertz CT molecular complexity index is 507. The average molecular weight is 326 g/mol. The van der Waals surface area contributed by atoms with Crippen LogP contribution in [0.15, 0.2) is 24.3 Å². The number of carbonyl (C=O) groups is 1. The van der Waals surface area contributed by atoms with Gasteiger partial charge in [0.05, 0.1) is 18.2 Å². The van der Waals surface area contributed by atoms with Crippen LogP contribution in [0.5, 0.6) is 0 Å². The number of likely N-dealkylation sites (tertiary alicyclic amines) is 1. The first kappa shape index (κ1) is 17.1. The molecule has 3 unspecified atom stereocenters. The van der Waals surface area contributed by atoms with E-state index in [1.165, 1.54) is 4.90 Å². The van der Waals surface area contributed by atoms with Crippen LogP contribution in [0.3, 0.4) is 0 Å². The maximum Gasteiger partial charge on any atom is 0.317 e. The summed E-state index contributed by atoms with van der Waals surface area (Å²) in [4.78, 5) is 16.0. The Morgan fingerprint density at radius 1 is 1.50 bits per heavy atom. The Hall–Kier alpha value is -1.30. The summed E-state index contributed by atoms with van der Waals surface area (Å²) < 4.78 is 0. The van der Waals surface area contributed by atoms with Gasteiger partial charge in [0.1, 0.15) is 0 Å². The van der Waals surface area contributed by atoms with E-state index in [1.807, 2.05) is 24.3 Å². The fourth-order valence-corrected chi connectivity index (χ4v) is 3.12. The molecule has 1 fully saturated rings.